The third-order valence-electron chi connectivity index (χ3n) is 5.30. The number of terminal acetylenes is 1. The number of nitrogens with zero attached hydrogens (tertiary/aromatic N) is 3. The summed E-state index contributed by atoms with van der Waals surface area (Å²) in [6.45, 7) is 4.26. The van der Waals surface area contributed by atoms with Crippen molar-refractivity contribution >= 4 is 0 Å². The maximum Gasteiger partial charge on any atom is 0.222 e. The minimum atomic E-state index is -0.657. The SMILES string of the molecule is C#CCOC[C@@H](O)CN(CCC)Cc1c(-c2ccccc2)nn(C)c1Oc1ccccc1OC. The van der Waals surface area contributed by atoms with E-state index in [1.54, 1.807) is 11.8 Å². The van der Waals surface area contributed by atoms with Gasteiger partial charge in [0.2, 0.25) is 5.88 Å². The van der Waals surface area contributed by atoms with Gasteiger partial charge >= 0.3 is 0 Å². The quantitative estimate of drug-likeness (QED) is 0.304. The zero-order valence-electron chi connectivity index (χ0n) is 20.1. The van der Waals surface area contributed by atoms with Gasteiger partial charge in [0, 0.05) is 25.7 Å². The standard InChI is InChI=1S/C27H33N3O4/c1-5-16-30(18-22(31)20-33-17-6-2)19-23-26(21-12-8-7-9-13-21)28-29(3)27(23)34-25-15-11-10-14-24(25)32-4/h2,7-15,22,31H,5,16-20H2,1,3-4H3/t22-/m0/s1. The van der Waals surface area contributed by atoms with Gasteiger partial charge in [-0.1, -0.05) is 55.3 Å². The predicted octanol–water partition coefficient (Wildman–Crippen LogP) is 4.11. The number of aryl methyl sites for hydroxylation is 1. The highest BCUT2D eigenvalue weighted by atomic mass is 16.5. The average molecular weight is 464 g/mol. The summed E-state index contributed by atoms with van der Waals surface area (Å²) in [5, 5.41) is 15.3. The lowest BCUT2D eigenvalue weighted by molar-refractivity contribution is 0.0260. The van der Waals surface area contributed by atoms with Crippen LogP contribution in [0.5, 0.6) is 17.4 Å². The maximum atomic E-state index is 10.5. The number of rotatable bonds is 13. The van der Waals surface area contributed by atoms with E-state index in [0.29, 0.717) is 30.5 Å². The van der Waals surface area contributed by atoms with Gasteiger partial charge in [0.05, 0.1) is 25.4 Å². The molecule has 3 rings (SSSR count). The first-order valence-electron chi connectivity index (χ1n) is 11.4. The Morgan fingerprint density at radius 3 is 2.50 bits per heavy atom. The fourth-order valence-electron chi connectivity index (χ4n) is 3.84. The highest BCUT2D eigenvalue weighted by Crippen LogP contribution is 2.37. The molecule has 3 aromatic rings. The van der Waals surface area contributed by atoms with E-state index in [-0.39, 0.29) is 13.2 Å². The Balaban J connectivity index is 1.96. The molecule has 0 unspecified atom stereocenters. The van der Waals surface area contributed by atoms with Gasteiger partial charge in [-0.05, 0) is 25.1 Å². The normalized spacial score (nSPS) is 11.9. The van der Waals surface area contributed by atoms with Gasteiger partial charge in [-0.2, -0.15) is 5.10 Å². The molecular formula is C27H33N3O4. The zero-order chi connectivity index (χ0) is 24.3. The first kappa shape index (κ1) is 25.3. The number of para-hydroxylation sites is 2. The van der Waals surface area contributed by atoms with E-state index >= 15 is 0 Å². The minimum absolute atomic E-state index is 0.183. The molecule has 0 spiro atoms. The molecule has 1 N–H and O–H groups in total. The molecule has 0 saturated heterocycles. The third-order valence-corrected chi connectivity index (χ3v) is 5.30. The van der Waals surface area contributed by atoms with E-state index in [1.807, 2.05) is 61.6 Å². The molecule has 7 heteroatoms. The van der Waals surface area contributed by atoms with Crippen LogP contribution in [0.4, 0.5) is 0 Å². The van der Waals surface area contributed by atoms with Crippen LogP contribution in [-0.2, 0) is 18.3 Å². The molecule has 0 fully saturated rings. The van der Waals surface area contributed by atoms with E-state index in [1.165, 1.54) is 0 Å². The van der Waals surface area contributed by atoms with Gasteiger partial charge in [0.25, 0.3) is 0 Å². The van der Waals surface area contributed by atoms with Crippen molar-refractivity contribution < 1.29 is 19.3 Å². The number of aromatic nitrogens is 2. The largest absolute Gasteiger partial charge is 0.493 e. The van der Waals surface area contributed by atoms with Crippen LogP contribution in [0.25, 0.3) is 11.3 Å². The van der Waals surface area contributed by atoms with Crippen LogP contribution < -0.4 is 9.47 Å². The van der Waals surface area contributed by atoms with Crippen molar-refractivity contribution in [1.29, 1.82) is 0 Å². The van der Waals surface area contributed by atoms with Crippen LogP contribution >= 0.6 is 0 Å². The first-order valence-corrected chi connectivity index (χ1v) is 11.4. The number of methoxy groups -OCH3 is 1. The Kier molecular flexibility index (Phi) is 9.53. The van der Waals surface area contributed by atoms with Crippen LogP contribution in [0.1, 0.15) is 18.9 Å². The van der Waals surface area contributed by atoms with Gasteiger partial charge in [0.15, 0.2) is 11.5 Å². The summed E-state index contributed by atoms with van der Waals surface area (Å²) in [6.07, 6.45) is 5.52. The average Bonchev–Trinajstić information content (AvgIpc) is 3.15. The lowest BCUT2D eigenvalue weighted by atomic mass is 10.1. The molecular weight excluding hydrogens is 430 g/mol. The van der Waals surface area contributed by atoms with Crippen molar-refractivity contribution in [3.05, 3.63) is 60.2 Å². The number of hydrogen-bond acceptors (Lipinski definition) is 6. The van der Waals surface area contributed by atoms with Gasteiger partial charge in [-0.3, -0.25) is 4.90 Å². The molecule has 0 saturated carbocycles. The Morgan fingerprint density at radius 1 is 1.12 bits per heavy atom. The molecule has 0 aliphatic rings. The van der Waals surface area contributed by atoms with Crippen LogP contribution in [-0.4, -0.2) is 59.3 Å². The lowest BCUT2D eigenvalue weighted by Crippen LogP contribution is -2.35. The first-order chi connectivity index (χ1) is 16.6. The Labute approximate surface area is 201 Å². The van der Waals surface area contributed by atoms with Gasteiger partial charge < -0.3 is 19.3 Å². The number of aliphatic hydroxyl groups is 1. The molecule has 0 aliphatic heterocycles. The lowest BCUT2D eigenvalue weighted by Gasteiger charge is -2.25. The zero-order valence-corrected chi connectivity index (χ0v) is 20.1. The predicted molar refractivity (Wildman–Crippen MR) is 133 cm³/mol. The molecule has 0 amide bonds. The number of hydrogen-bond donors (Lipinski definition) is 1. The van der Waals surface area contributed by atoms with Crippen LogP contribution in [0, 0.1) is 12.3 Å². The van der Waals surface area contributed by atoms with Crippen LogP contribution in [0.3, 0.4) is 0 Å². The molecule has 7 nitrogen and oxygen atoms in total. The van der Waals surface area contributed by atoms with Crippen LogP contribution in [0.15, 0.2) is 54.6 Å². The summed E-state index contributed by atoms with van der Waals surface area (Å²) in [6, 6.07) is 17.6. The summed E-state index contributed by atoms with van der Waals surface area (Å²) < 4.78 is 18.9. The molecule has 180 valence electrons. The minimum Gasteiger partial charge on any atom is -0.493 e. The second kappa shape index (κ2) is 12.8. The highest BCUT2D eigenvalue weighted by molar-refractivity contribution is 5.65. The Hall–Kier alpha value is -3.31. The van der Waals surface area contributed by atoms with Gasteiger partial charge in [0.1, 0.15) is 12.3 Å². The summed E-state index contributed by atoms with van der Waals surface area (Å²) in [5.41, 5.74) is 2.77. The van der Waals surface area contributed by atoms with E-state index in [2.05, 4.69) is 17.7 Å². The van der Waals surface area contributed by atoms with Crippen molar-refractivity contribution in [1.82, 2.24) is 14.7 Å². The summed E-state index contributed by atoms with van der Waals surface area (Å²) in [7, 11) is 3.49. The summed E-state index contributed by atoms with van der Waals surface area (Å²) >= 11 is 0. The molecule has 2 aromatic carbocycles. The fraction of sp³-hybridized carbons (Fsp3) is 0.370. The monoisotopic (exact) mass is 463 g/mol. The van der Waals surface area contributed by atoms with Crippen molar-refractivity contribution in [2.45, 2.75) is 26.0 Å². The number of ether oxygens (including phenoxy) is 3. The Morgan fingerprint density at radius 2 is 1.82 bits per heavy atom. The third kappa shape index (κ3) is 6.61. The molecule has 0 bridgehead atoms. The van der Waals surface area contributed by atoms with E-state index in [9.17, 15) is 5.11 Å². The van der Waals surface area contributed by atoms with E-state index < -0.39 is 6.10 Å². The topological polar surface area (TPSA) is 69.0 Å². The number of aliphatic hydroxyl groups excluding tert-OH is 1. The smallest absolute Gasteiger partial charge is 0.222 e. The second-order valence-electron chi connectivity index (χ2n) is 7.98. The molecule has 0 aliphatic carbocycles. The molecule has 34 heavy (non-hydrogen) atoms. The Bertz CT molecular complexity index is 1080. The fourth-order valence-corrected chi connectivity index (χ4v) is 3.84. The van der Waals surface area contributed by atoms with Crippen molar-refractivity contribution in [2.24, 2.45) is 7.05 Å². The molecule has 1 aromatic heterocycles. The molecule has 1 atom stereocenters. The summed E-state index contributed by atoms with van der Waals surface area (Å²) in [4.78, 5) is 2.18. The molecule has 1 heterocycles. The second-order valence-corrected chi connectivity index (χ2v) is 7.98. The summed E-state index contributed by atoms with van der Waals surface area (Å²) in [5.74, 6) is 4.30. The van der Waals surface area contributed by atoms with Crippen molar-refractivity contribution in [2.75, 3.05) is 33.4 Å². The van der Waals surface area contributed by atoms with E-state index in [4.69, 9.17) is 25.7 Å². The van der Waals surface area contributed by atoms with Crippen LogP contribution in [0.2, 0.25) is 0 Å². The van der Waals surface area contributed by atoms with Gasteiger partial charge in [-0.15, -0.1) is 6.42 Å². The van der Waals surface area contributed by atoms with Crippen molar-refractivity contribution in [3.63, 3.8) is 0 Å². The highest BCUT2D eigenvalue weighted by Gasteiger charge is 2.24. The maximum absolute atomic E-state index is 10.5. The van der Waals surface area contributed by atoms with E-state index in [0.717, 1.165) is 29.8 Å². The van der Waals surface area contributed by atoms with Crippen molar-refractivity contribution in [3.8, 4) is 41.0 Å². The number of benzene rings is 2. The molecule has 0 radical (unpaired) electrons. The van der Waals surface area contributed by atoms with Gasteiger partial charge in [-0.25, -0.2) is 4.68 Å².